The quantitative estimate of drug-likeness (QED) is 0.771. The van der Waals surface area contributed by atoms with Gasteiger partial charge in [0.1, 0.15) is 0 Å². The van der Waals surface area contributed by atoms with Crippen LogP contribution in [0.4, 0.5) is 11.4 Å². The van der Waals surface area contributed by atoms with Crippen LogP contribution >= 0.6 is 11.8 Å². The third-order valence-electron chi connectivity index (χ3n) is 4.28. The molecule has 2 aromatic carbocycles. The van der Waals surface area contributed by atoms with Crippen molar-refractivity contribution < 1.29 is 13.0 Å². The average Bonchev–Trinajstić information content (AvgIpc) is 2.51. The van der Waals surface area contributed by atoms with E-state index in [0.717, 1.165) is 16.3 Å². The average molecular weight is 378 g/mol. The van der Waals surface area contributed by atoms with Crippen LogP contribution in [-0.4, -0.2) is 25.3 Å². The molecule has 0 bridgehead atoms. The lowest BCUT2D eigenvalue weighted by atomic mass is 9.87. The number of nitrogens with zero attached hydrogens (tertiary/aromatic N) is 1. The summed E-state index contributed by atoms with van der Waals surface area (Å²) in [7, 11) is -3.94. The third kappa shape index (κ3) is 4.19. The smallest absolute Gasteiger partial charge is 0.264 e. The summed E-state index contributed by atoms with van der Waals surface area (Å²) < 4.78 is 31.1. The van der Waals surface area contributed by atoms with E-state index in [1.165, 1.54) is 10.5 Å². The van der Waals surface area contributed by atoms with Crippen molar-refractivity contribution in [3.63, 3.8) is 0 Å². The molecule has 0 aliphatic carbocycles. The second kappa shape index (κ2) is 6.67. The van der Waals surface area contributed by atoms with E-state index in [4.69, 9.17) is 4.55 Å². The van der Waals surface area contributed by atoms with Crippen molar-refractivity contribution in [2.75, 3.05) is 17.2 Å². The van der Waals surface area contributed by atoms with E-state index in [1.807, 2.05) is 12.1 Å². The predicted molar refractivity (Wildman–Crippen MR) is 104 cm³/mol. The SMILES string of the molecule is CC(C)(C)c1ccc2c(c1)Sc1ccccc1N2CCCS(=O)(=O)O. The molecule has 0 fully saturated rings. The zero-order valence-corrected chi connectivity index (χ0v) is 16.3. The Kier molecular flexibility index (Phi) is 4.88. The molecule has 6 heteroatoms. The van der Waals surface area contributed by atoms with Crippen LogP contribution < -0.4 is 4.90 Å². The molecule has 4 nitrogen and oxygen atoms in total. The topological polar surface area (TPSA) is 57.6 Å². The molecule has 0 saturated carbocycles. The van der Waals surface area contributed by atoms with E-state index < -0.39 is 10.1 Å². The monoisotopic (exact) mass is 377 g/mol. The Hall–Kier alpha value is -1.50. The predicted octanol–water partition coefficient (Wildman–Crippen LogP) is 4.86. The Morgan fingerprint density at radius 3 is 2.40 bits per heavy atom. The molecule has 1 N–H and O–H groups in total. The van der Waals surface area contributed by atoms with E-state index in [1.54, 1.807) is 11.8 Å². The largest absolute Gasteiger partial charge is 0.340 e. The molecule has 25 heavy (non-hydrogen) atoms. The highest BCUT2D eigenvalue weighted by Crippen LogP contribution is 2.49. The fourth-order valence-electron chi connectivity index (χ4n) is 2.95. The maximum atomic E-state index is 11.1. The first-order valence-corrected chi connectivity index (χ1v) is 10.7. The first kappa shape index (κ1) is 18.3. The summed E-state index contributed by atoms with van der Waals surface area (Å²) in [5, 5.41) is 0. The van der Waals surface area contributed by atoms with Gasteiger partial charge in [0.15, 0.2) is 0 Å². The van der Waals surface area contributed by atoms with Gasteiger partial charge in [-0.15, -0.1) is 0 Å². The lowest BCUT2D eigenvalue weighted by molar-refractivity contribution is 0.481. The van der Waals surface area contributed by atoms with E-state index in [0.29, 0.717) is 13.0 Å². The molecule has 2 aromatic rings. The Morgan fingerprint density at radius 1 is 1.04 bits per heavy atom. The highest BCUT2D eigenvalue weighted by Gasteiger charge is 2.25. The minimum atomic E-state index is -3.94. The number of hydrogen-bond acceptors (Lipinski definition) is 4. The van der Waals surface area contributed by atoms with Crippen LogP contribution in [0.1, 0.15) is 32.8 Å². The fraction of sp³-hybridized carbons (Fsp3) is 0.368. The van der Waals surface area contributed by atoms with E-state index in [-0.39, 0.29) is 11.2 Å². The van der Waals surface area contributed by atoms with Crippen molar-refractivity contribution >= 4 is 33.3 Å². The molecule has 1 aliphatic rings. The summed E-state index contributed by atoms with van der Waals surface area (Å²) in [5.41, 5.74) is 3.52. The van der Waals surface area contributed by atoms with Crippen LogP contribution in [0.25, 0.3) is 0 Å². The van der Waals surface area contributed by atoms with Crippen molar-refractivity contribution in [2.45, 2.75) is 42.4 Å². The molecule has 0 amide bonds. The molecule has 3 rings (SSSR count). The molecule has 0 aromatic heterocycles. The Bertz CT molecular complexity index is 886. The first-order valence-electron chi connectivity index (χ1n) is 8.29. The maximum absolute atomic E-state index is 11.1. The number of para-hydroxylation sites is 1. The van der Waals surface area contributed by atoms with Gasteiger partial charge >= 0.3 is 0 Å². The summed E-state index contributed by atoms with van der Waals surface area (Å²) in [4.78, 5) is 4.49. The van der Waals surface area contributed by atoms with Gasteiger partial charge in [-0.1, -0.05) is 50.7 Å². The zero-order chi connectivity index (χ0) is 18.2. The van der Waals surface area contributed by atoms with Crippen LogP contribution in [0.3, 0.4) is 0 Å². The minimum Gasteiger partial charge on any atom is -0.340 e. The summed E-state index contributed by atoms with van der Waals surface area (Å²) >= 11 is 1.75. The van der Waals surface area contributed by atoms with Gasteiger partial charge in [-0.3, -0.25) is 4.55 Å². The van der Waals surface area contributed by atoms with E-state index >= 15 is 0 Å². The molecule has 0 saturated heterocycles. The highest BCUT2D eigenvalue weighted by molar-refractivity contribution is 7.99. The fourth-order valence-corrected chi connectivity index (χ4v) is 4.57. The van der Waals surface area contributed by atoms with Crippen LogP contribution in [-0.2, 0) is 15.5 Å². The molecule has 0 atom stereocenters. The van der Waals surface area contributed by atoms with Gasteiger partial charge in [0.25, 0.3) is 10.1 Å². The Morgan fingerprint density at radius 2 is 1.72 bits per heavy atom. The lowest BCUT2D eigenvalue weighted by Crippen LogP contribution is -2.24. The van der Waals surface area contributed by atoms with Crippen LogP contribution in [0.15, 0.2) is 52.3 Å². The summed E-state index contributed by atoms with van der Waals surface area (Å²) in [6.07, 6.45) is 0.373. The lowest BCUT2D eigenvalue weighted by Gasteiger charge is -2.34. The minimum absolute atomic E-state index is 0.0718. The van der Waals surface area contributed by atoms with E-state index in [9.17, 15) is 8.42 Å². The van der Waals surface area contributed by atoms with Gasteiger partial charge in [-0.05, 0) is 41.7 Å². The van der Waals surface area contributed by atoms with Crippen molar-refractivity contribution in [2.24, 2.45) is 0 Å². The zero-order valence-electron chi connectivity index (χ0n) is 14.7. The van der Waals surface area contributed by atoms with Crippen molar-refractivity contribution in [1.82, 2.24) is 0 Å². The van der Waals surface area contributed by atoms with Gasteiger partial charge in [0, 0.05) is 16.3 Å². The molecule has 1 heterocycles. The molecule has 134 valence electrons. The molecule has 0 radical (unpaired) electrons. The summed E-state index contributed by atoms with van der Waals surface area (Å²) in [5.74, 6) is -0.228. The maximum Gasteiger partial charge on any atom is 0.264 e. The first-order chi connectivity index (χ1) is 11.6. The Labute approximate surface area is 154 Å². The number of anilines is 2. The number of rotatable bonds is 4. The van der Waals surface area contributed by atoms with Gasteiger partial charge in [0.05, 0.1) is 17.1 Å². The summed E-state index contributed by atoms with van der Waals surface area (Å²) in [6, 6.07) is 14.6. The van der Waals surface area contributed by atoms with Crippen LogP contribution in [0.2, 0.25) is 0 Å². The highest BCUT2D eigenvalue weighted by atomic mass is 32.2. The number of benzene rings is 2. The molecular weight excluding hydrogens is 354 g/mol. The van der Waals surface area contributed by atoms with Crippen LogP contribution in [0.5, 0.6) is 0 Å². The van der Waals surface area contributed by atoms with Gasteiger partial charge < -0.3 is 4.90 Å². The van der Waals surface area contributed by atoms with Gasteiger partial charge in [-0.2, -0.15) is 8.42 Å². The van der Waals surface area contributed by atoms with Crippen molar-refractivity contribution in [3.05, 3.63) is 48.0 Å². The molecule has 1 aliphatic heterocycles. The number of fused-ring (bicyclic) bond motifs is 2. The third-order valence-corrected chi connectivity index (χ3v) is 6.19. The Balaban J connectivity index is 1.97. The van der Waals surface area contributed by atoms with Gasteiger partial charge in [0.2, 0.25) is 0 Å². The molecule has 0 unspecified atom stereocenters. The number of hydrogen-bond donors (Lipinski definition) is 1. The second-order valence-electron chi connectivity index (χ2n) is 7.29. The summed E-state index contributed by atoms with van der Waals surface area (Å²) in [6.45, 7) is 7.12. The molecular formula is C19H23NO3S2. The second-order valence-corrected chi connectivity index (χ2v) is 9.95. The van der Waals surface area contributed by atoms with Crippen molar-refractivity contribution in [3.8, 4) is 0 Å². The van der Waals surface area contributed by atoms with E-state index in [2.05, 4.69) is 56.0 Å². The normalized spacial score (nSPS) is 14.2. The van der Waals surface area contributed by atoms with Crippen molar-refractivity contribution in [1.29, 1.82) is 0 Å². The van der Waals surface area contributed by atoms with Gasteiger partial charge in [-0.25, -0.2) is 0 Å². The molecule has 0 spiro atoms. The standard InChI is InChI=1S/C19H23NO3S2/c1-19(2,3)14-9-10-16-18(13-14)24-17-8-5-4-7-15(17)20(16)11-6-12-25(21,22)23/h4-5,7-10,13H,6,11-12H2,1-3H3,(H,21,22,23). The van der Waals surface area contributed by atoms with Crippen LogP contribution in [0, 0.1) is 0 Å².